The van der Waals surface area contributed by atoms with Gasteiger partial charge in [0.05, 0.1) is 11.5 Å². The maximum atomic E-state index is 11.6. The van der Waals surface area contributed by atoms with Crippen LogP contribution in [0, 0.1) is 0 Å². The van der Waals surface area contributed by atoms with Crippen molar-refractivity contribution in [2.24, 2.45) is 0 Å². The van der Waals surface area contributed by atoms with Crippen molar-refractivity contribution in [2.45, 2.75) is 33.0 Å². The van der Waals surface area contributed by atoms with E-state index in [0.717, 1.165) is 16.0 Å². The van der Waals surface area contributed by atoms with Crippen LogP contribution >= 0.6 is 11.3 Å². The highest BCUT2D eigenvalue weighted by Crippen LogP contribution is 2.31. The number of benzene rings is 1. The molecule has 0 aliphatic rings. The molecule has 0 fully saturated rings. The molecule has 0 aliphatic heterocycles. The van der Waals surface area contributed by atoms with E-state index < -0.39 is 11.7 Å². The first-order chi connectivity index (χ1) is 10.4. The highest BCUT2D eigenvalue weighted by molar-refractivity contribution is 7.18. The van der Waals surface area contributed by atoms with E-state index in [0.29, 0.717) is 5.13 Å². The number of rotatable bonds is 4. The minimum absolute atomic E-state index is 0.0347. The van der Waals surface area contributed by atoms with Gasteiger partial charge in [-0.25, -0.2) is 15.2 Å². The molecule has 1 aromatic heterocycles. The highest BCUT2D eigenvalue weighted by atomic mass is 32.1. The second-order valence-electron chi connectivity index (χ2n) is 5.60. The van der Waals surface area contributed by atoms with Crippen molar-refractivity contribution in [1.29, 1.82) is 0 Å². The number of anilines is 1. The molecule has 0 saturated carbocycles. The van der Waals surface area contributed by atoms with Gasteiger partial charge in [-0.15, -0.1) is 0 Å². The van der Waals surface area contributed by atoms with E-state index in [1.165, 1.54) is 11.3 Å². The minimum atomic E-state index is -0.569. The predicted molar refractivity (Wildman–Crippen MR) is 86.5 cm³/mol. The molecular formula is C15H19N3O3S. The monoisotopic (exact) mass is 321 g/mol. The first-order valence-corrected chi connectivity index (χ1v) is 7.60. The van der Waals surface area contributed by atoms with Crippen LogP contribution in [0.2, 0.25) is 0 Å². The standard InChI is InChI=1S/C15H19N3O3S/c1-15(2,3)21-14(20)18-17-13-16-8-12(22-13)11-7-5-4-6-10(11)9-19/h4-8,19H,9H2,1-3H3,(H,16,17)(H,18,20). The van der Waals surface area contributed by atoms with Gasteiger partial charge >= 0.3 is 6.09 Å². The second-order valence-corrected chi connectivity index (χ2v) is 6.63. The fraction of sp³-hybridized carbons (Fsp3) is 0.333. The molecule has 0 aliphatic carbocycles. The van der Waals surface area contributed by atoms with Crippen molar-refractivity contribution >= 4 is 22.6 Å². The van der Waals surface area contributed by atoms with Crippen molar-refractivity contribution in [3.8, 4) is 10.4 Å². The maximum absolute atomic E-state index is 11.6. The van der Waals surface area contributed by atoms with Crippen LogP contribution in [0.5, 0.6) is 0 Å². The van der Waals surface area contributed by atoms with Crippen LogP contribution in [-0.2, 0) is 11.3 Å². The Morgan fingerprint density at radius 3 is 2.77 bits per heavy atom. The molecule has 1 aromatic carbocycles. The molecule has 6 nitrogen and oxygen atoms in total. The van der Waals surface area contributed by atoms with Crippen molar-refractivity contribution in [1.82, 2.24) is 10.4 Å². The summed E-state index contributed by atoms with van der Waals surface area (Å²) in [5.41, 5.74) is 6.35. The van der Waals surface area contributed by atoms with Gasteiger partial charge in [-0.1, -0.05) is 35.6 Å². The summed E-state index contributed by atoms with van der Waals surface area (Å²) < 4.78 is 5.12. The summed E-state index contributed by atoms with van der Waals surface area (Å²) in [5, 5.41) is 9.90. The number of carbonyl (C=O) groups is 1. The molecule has 2 aromatic rings. The summed E-state index contributed by atoms with van der Waals surface area (Å²) in [6.07, 6.45) is 1.12. The zero-order chi connectivity index (χ0) is 16.2. The molecule has 0 radical (unpaired) electrons. The van der Waals surface area contributed by atoms with E-state index in [4.69, 9.17) is 4.74 Å². The zero-order valence-electron chi connectivity index (χ0n) is 12.7. The number of hydrogen-bond donors (Lipinski definition) is 3. The van der Waals surface area contributed by atoms with Gasteiger partial charge in [-0.3, -0.25) is 5.43 Å². The summed E-state index contributed by atoms with van der Waals surface area (Å²) >= 11 is 1.37. The highest BCUT2D eigenvalue weighted by Gasteiger charge is 2.16. The molecule has 7 heteroatoms. The summed E-state index contributed by atoms with van der Waals surface area (Å²) in [4.78, 5) is 16.7. The number of aliphatic hydroxyl groups is 1. The number of nitrogens with zero attached hydrogens (tertiary/aromatic N) is 1. The fourth-order valence-corrected chi connectivity index (χ4v) is 2.59. The lowest BCUT2D eigenvalue weighted by molar-refractivity contribution is 0.0541. The number of amides is 1. The van der Waals surface area contributed by atoms with E-state index in [2.05, 4.69) is 15.8 Å². The smallest absolute Gasteiger partial charge is 0.426 e. The number of nitrogens with one attached hydrogen (secondary N) is 2. The molecule has 1 amide bonds. The topological polar surface area (TPSA) is 83.5 Å². The summed E-state index contributed by atoms with van der Waals surface area (Å²) in [7, 11) is 0. The molecule has 2 rings (SSSR count). The number of aliphatic hydroxyl groups excluding tert-OH is 1. The van der Waals surface area contributed by atoms with Crippen LogP contribution in [0.4, 0.5) is 9.93 Å². The lowest BCUT2D eigenvalue weighted by atomic mass is 10.1. The van der Waals surface area contributed by atoms with Crippen molar-refractivity contribution in [3.05, 3.63) is 36.0 Å². The predicted octanol–water partition coefficient (Wildman–Crippen LogP) is 3.15. The van der Waals surface area contributed by atoms with Gasteiger partial charge in [0.25, 0.3) is 0 Å². The summed E-state index contributed by atoms with van der Waals surface area (Å²) in [6.45, 7) is 5.34. The number of thiazole rings is 1. The van der Waals surface area contributed by atoms with Crippen LogP contribution in [0.1, 0.15) is 26.3 Å². The van der Waals surface area contributed by atoms with E-state index in [1.807, 2.05) is 24.3 Å². The lowest BCUT2D eigenvalue weighted by Gasteiger charge is -2.19. The first kappa shape index (κ1) is 16.3. The maximum Gasteiger partial charge on any atom is 0.426 e. The van der Waals surface area contributed by atoms with Crippen LogP contribution in [-0.4, -0.2) is 21.8 Å². The van der Waals surface area contributed by atoms with Crippen LogP contribution < -0.4 is 10.9 Å². The van der Waals surface area contributed by atoms with Crippen LogP contribution in [0.3, 0.4) is 0 Å². The molecule has 0 spiro atoms. The van der Waals surface area contributed by atoms with Crippen molar-refractivity contribution in [3.63, 3.8) is 0 Å². The Balaban J connectivity index is 2.02. The number of hydrogen-bond acceptors (Lipinski definition) is 6. The van der Waals surface area contributed by atoms with Crippen molar-refractivity contribution < 1.29 is 14.6 Å². The van der Waals surface area contributed by atoms with Gasteiger partial charge in [0.15, 0.2) is 0 Å². The molecule has 3 N–H and O–H groups in total. The van der Waals surface area contributed by atoms with Crippen molar-refractivity contribution in [2.75, 3.05) is 5.43 Å². The van der Waals surface area contributed by atoms with E-state index in [-0.39, 0.29) is 6.61 Å². The Hall–Kier alpha value is -2.12. The molecule has 0 unspecified atom stereocenters. The Kier molecular flexibility index (Phi) is 4.99. The minimum Gasteiger partial charge on any atom is -0.443 e. The van der Waals surface area contributed by atoms with Gasteiger partial charge in [0.2, 0.25) is 5.13 Å². The third kappa shape index (κ3) is 4.44. The number of ether oxygens (including phenoxy) is 1. The molecule has 22 heavy (non-hydrogen) atoms. The number of carbonyl (C=O) groups excluding carboxylic acids is 1. The number of hydrazine groups is 1. The van der Waals surface area contributed by atoms with Gasteiger partial charge in [-0.05, 0) is 31.9 Å². The largest absolute Gasteiger partial charge is 0.443 e. The molecule has 118 valence electrons. The fourth-order valence-electron chi connectivity index (χ4n) is 1.76. The summed E-state index contributed by atoms with van der Waals surface area (Å²) in [5.74, 6) is 0. The Labute approximate surface area is 133 Å². The van der Waals surface area contributed by atoms with Crippen LogP contribution in [0.15, 0.2) is 30.5 Å². The van der Waals surface area contributed by atoms with E-state index in [9.17, 15) is 9.90 Å². The van der Waals surface area contributed by atoms with Crippen LogP contribution in [0.25, 0.3) is 10.4 Å². The second kappa shape index (κ2) is 6.76. The van der Waals surface area contributed by atoms with Gasteiger partial charge < -0.3 is 9.84 Å². The normalized spacial score (nSPS) is 11.1. The first-order valence-electron chi connectivity index (χ1n) is 6.79. The molecule has 0 saturated heterocycles. The van der Waals surface area contributed by atoms with E-state index >= 15 is 0 Å². The third-order valence-electron chi connectivity index (χ3n) is 2.63. The SMILES string of the molecule is CC(C)(C)OC(=O)NNc1ncc(-c2ccccc2CO)s1. The van der Waals surface area contributed by atoms with Gasteiger partial charge in [-0.2, -0.15) is 0 Å². The Bertz CT molecular complexity index is 649. The Morgan fingerprint density at radius 1 is 1.36 bits per heavy atom. The zero-order valence-corrected chi connectivity index (χ0v) is 13.5. The Morgan fingerprint density at radius 2 is 2.09 bits per heavy atom. The third-order valence-corrected chi connectivity index (χ3v) is 3.58. The molecule has 1 heterocycles. The van der Waals surface area contributed by atoms with E-state index in [1.54, 1.807) is 27.0 Å². The average molecular weight is 321 g/mol. The van der Waals surface area contributed by atoms with Gasteiger partial charge in [0.1, 0.15) is 5.60 Å². The van der Waals surface area contributed by atoms with Gasteiger partial charge in [0, 0.05) is 6.20 Å². The number of aromatic nitrogens is 1. The quantitative estimate of drug-likeness (QED) is 0.753. The molecule has 0 bridgehead atoms. The summed E-state index contributed by atoms with van der Waals surface area (Å²) in [6, 6.07) is 7.56. The average Bonchev–Trinajstić information content (AvgIpc) is 2.92. The molecular weight excluding hydrogens is 302 g/mol. The molecule has 0 atom stereocenters. The lowest BCUT2D eigenvalue weighted by Crippen LogP contribution is -2.35.